The Morgan fingerprint density at radius 3 is 2.80 bits per heavy atom. The van der Waals surface area contributed by atoms with E-state index in [0.29, 0.717) is 6.42 Å². The average molecular weight is 340 g/mol. The van der Waals surface area contributed by atoms with Crippen LogP contribution in [0.3, 0.4) is 0 Å². The van der Waals surface area contributed by atoms with Crippen LogP contribution in [0.2, 0.25) is 0 Å². The summed E-state index contributed by atoms with van der Waals surface area (Å²) in [4.78, 5) is 9.13. The summed E-state index contributed by atoms with van der Waals surface area (Å²) in [7, 11) is 1.70. The third-order valence-electron chi connectivity index (χ3n) is 5.25. The number of hydrogen-bond acceptors (Lipinski definition) is 5. The predicted molar refractivity (Wildman–Crippen MR) is 93.5 cm³/mol. The lowest BCUT2D eigenvalue weighted by atomic mass is 9.89. The molecule has 5 heteroatoms. The van der Waals surface area contributed by atoms with Gasteiger partial charge in [-0.15, -0.1) is 0 Å². The minimum atomic E-state index is -0.494. The number of ether oxygens (including phenoxy) is 2. The molecule has 3 unspecified atom stereocenters. The average Bonchev–Trinajstić information content (AvgIpc) is 2.64. The first-order chi connectivity index (χ1) is 12.2. The van der Waals surface area contributed by atoms with Crippen LogP contribution in [-0.2, 0) is 11.2 Å². The van der Waals surface area contributed by atoms with Gasteiger partial charge in [0.25, 0.3) is 0 Å². The van der Waals surface area contributed by atoms with E-state index in [0.717, 1.165) is 54.1 Å². The number of rotatable bonds is 3. The summed E-state index contributed by atoms with van der Waals surface area (Å²) in [5.41, 5.74) is 4.87. The molecular formula is C20H24N2O3. The molecule has 2 heterocycles. The normalized spacial score (nSPS) is 25.2. The summed E-state index contributed by atoms with van der Waals surface area (Å²) in [6.07, 6.45) is 5.70. The molecule has 4 rings (SSSR count). The molecule has 2 aliphatic rings. The summed E-state index contributed by atoms with van der Waals surface area (Å²) < 4.78 is 12.0. The van der Waals surface area contributed by atoms with Gasteiger partial charge in [0.1, 0.15) is 11.9 Å². The van der Waals surface area contributed by atoms with Crippen LogP contribution in [0.4, 0.5) is 0 Å². The van der Waals surface area contributed by atoms with Crippen molar-refractivity contribution in [2.45, 2.75) is 57.3 Å². The maximum absolute atomic E-state index is 10.3. The third-order valence-corrected chi connectivity index (χ3v) is 5.25. The molecule has 25 heavy (non-hydrogen) atoms. The molecule has 1 N–H and O–H groups in total. The van der Waals surface area contributed by atoms with Crippen molar-refractivity contribution in [3.05, 3.63) is 52.6 Å². The maximum Gasteiger partial charge on any atom is 0.125 e. The smallest absolute Gasteiger partial charge is 0.125 e. The van der Waals surface area contributed by atoms with E-state index in [4.69, 9.17) is 9.47 Å². The van der Waals surface area contributed by atoms with Crippen LogP contribution in [0.5, 0.6) is 5.75 Å². The summed E-state index contributed by atoms with van der Waals surface area (Å²) in [5.74, 6) is 0.898. The maximum atomic E-state index is 10.3. The fourth-order valence-electron chi connectivity index (χ4n) is 4.01. The van der Waals surface area contributed by atoms with Gasteiger partial charge in [0.15, 0.2) is 0 Å². The second-order valence-corrected chi connectivity index (χ2v) is 6.90. The van der Waals surface area contributed by atoms with Gasteiger partial charge < -0.3 is 14.6 Å². The van der Waals surface area contributed by atoms with Crippen molar-refractivity contribution in [3.8, 4) is 5.75 Å². The standard InChI is InChI=1S/C20H24N2O3/c1-12-6-7-14-17(9-8-15(23)19(14)22-12)25-18-5-3-4-13-16(24-2)10-11-21-20(13)18/h6-7,10-11,15,17-18,23H,3-5,8-9H2,1-2H3. The van der Waals surface area contributed by atoms with Gasteiger partial charge in [0.2, 0.25) is 0 Å². The number of nitrogens with zero attached hydrogens (tertiary/aromatic N) is 2. The minimum absolute atomic E-state index is 0.0340. The van der Waals surface area contributed by atoms with Gasteiger partial charge in [-0.3, -0.25) is 9.97 Å². The number of methoxy groups -OCH3 is 1. The van der Waals surface area contributed by atoms with Crippen LogP contribution in [0.1, 0.15) is 72.2 Å². The van der Waals surface area contributed by atoms with E-state index < -0.39 is 6.10 Å². The SMILES string of the molecule is COc1ccnc2c1CCCC2OC1CCC(O)c2nc(C)ccc21. The van der Waals surface area contributed by atoms with Crippen LogP contribution in [0, 0.1) is 6.92 Å². The van der Waals surface area contributed by atoms with E-state index in [1.807, 2.05) is 25.1 Å². The van der Waals surface area contributed by atoms with E-state index >= 15 is 0 Å². The number of hydrogen-bond donors (Lipinski definition) is 1. The Bertz CT molecular complexity index is 778. The Hall–Kier alpha value is -1.98. The van der Waals surface area contributed by atoms with E-state index in [1.54, 1.807) is 13.3 Å². The van der Waals surface area contributed by atoms with Gasteiger partial charge in [0.05, 0.1) is 30.7 Å². The molecule has 0 bridgehead atoms. The first-order valence-electron chi connectivity index (χ1n) is 9.00. The predicted octanol–water partition coefficient (Wildman–Crippen LogP) is 3.76. The zero-order valence-electron chi connectivity index (χ0n) is 14.7. The molecule has 0 spiro atoms. The van der Waals surface area contributed by atoms with E-state index in [1.165, 1.54) is 5.56 Å². The summed E-state index contributed by atoms with van der Waals surface area (Å²) in [5, 5.41) is 10.3. The number of aliphatic hydroxyl groups is 1. The lowest BCUT2D eigenvalue weighted by Crippen LogP contribution is -2.23. The molecule has 0 aliphatic heterocycles. The first-order valence-corrected chi connectivity index (χ1v) is 9.00. The molecule has 2 aromatic heterocycles. The van der Waals surface area contributed by atoms with Crippen molar-refractivity contribution < 1.29 is 14.6 Å². The van der Waals surface area contributed by atoms with Crippen LogP contribution in [-0.4, -0.2) is 22.2 Å². The topological polar surface area (TPSA) is 64.5 Å². The largest absolute Gasteiger partial charge is 0.496 e. The van der Waals surface area contributed by atoms with Gasteiger partial charge in [0, 0.05) is 23.0 Å². The monoisotopic (exact) mass is 340 g/mol. The van der Waals surface area contributed by atoms with Gasteiger partial charge >= 0.3 is 0 Å². The number of fused-ring (bicyclic) bond motifs is 2. The summed E-state index contributed by atoms with van der Waals surface area (Å²) >= 11 is 0. The van der Waals surface area contributed by atoms with Crippen molar-refractivity contribution in [3.63, 3.8) is 0 Å². The van der Waals surface area contributed by atoms with Crippen LogP contribution < -0.4 is 4.74 Å². The van der Waals surface area contributed by atoms with Gasteiger partial charge in [-0.25, -0.2) is 0 Å². The van der Waals surface area contributed by atoms with Crippen LogP contribution in [0.15, 0.2) is 24.4 Å². The molecule has 5 nitrogen and oxygen atoms in total. The quantitative estimate of drug-likeness (QED) is 0.922. The van der Waals surface area contributed by atoms with Crippen molar-refractivity contribution in [1.29, 1.82) is 0 Å². The van der Waals surface area contributed by atoms with Crippen LogP contribution in [0.25, 0.3) is 0 Å². The van der Waals surface area contributed by atoms with Gasteiger partial charge in [-0.1, -0.05) is 6.07 Å². The highest BCUT2D eigenvalue weighted by Crippen LogP contribution is 2.43. The molecule has 2 aliphatic carbocycles. The fourth-order valence-corrected chi connectivity index (χ4v) is 4.01. The number of aryl methyl sites for hydroxylation is 1. The van der Waals surface area contributed by atoms with E-state index in [-0.39, 0.29) is 12.2 Å². The molecule has 0 saturated carbocycles. The Morgan fingerprint density at radius 1 is 1.08 bits per heavy atom. The third kappa shape index (κ3) is 3.02. The molecule has 0 fully saturated rings. The Balaban J connectivity index is 1.64. The molecule has 0 amide bonds. The molecular weight excluding hydrogens is 316 g/mol. The zero-order chi connectivity index (χ0) is 17.4. The zero-order valence-corrected chi connectivity index (χ0v) is 14.7. The lowest BCUT2D eigenvalue weighted by Gasteiger charge is -2.33. The number of pyridine rings is 2. The van der Waals surface area contributed by atoms with Crippen molar-refractivity contribution in [2.75, 3.05) is 7.11 Å². The molecule has 132 valence electrons. The number of aromatic nitrogens is 2. The minimum Gasteiger partial charge on any atom is -0.496 e. The molecule has 0 aromatic carbocycles. The molecule has 0 saturated heterocycles. The van der Waals surface area contributed by atoms with Crippen LogP contribution >= 0.6 is 0 Å². The van der Waals surface area contributed by atoms with Crippen molar-refractivity contribution in [1.82, 2.24) is 9.97 Å². The van der Waals surface area contributed by atoms with Crippen molar-refractivity contribution in [2.24, 2.45) is 0 Å². The molecule has 3 atom stereocenters. The summed E-state index contributed by atoms with van der Waals surface area (Å²) in [6.45, 7) is 1.95. The van der Waals surface area contributed by atoms with Gasteiger partial charge in [-0.05, 0) is 51.2 Å². The summed E-state index contributed by atoms with van der Waals surface area (Å²) in [6, 6.07) is 5.96. The highest BCUT2D eigenvalue weighted by atomic mass is 16.5. The number of aliphatic hydroxyl groups excluding tert-OH is 1. The fraction of sp³-hybridized carbons (Fsp3) is 0.500. The highest BCUT2D eigenvalue weighted by molar-refractivity contribution is 5.38. The Labute approximate surface area is 148 Å². The Morgan fingerprint density at radius 2 is 1.96 bits per heavy atom. The van der Waals surface area contributed by atoms with E-state index in [2.05, 4.69) is 9.97 Å². The second-order valence-electron chi connectivity index (χ2n) is 6.90. The van der Waals surface area contributed by atoms with Crippen molar-refractivity contribution >= 4 is 0 Å². The Kier molecular flexibility index (Phi) is 4.44. The highest BCUT2D eigenvalue weighted by Gasteiger charge is 2.32. The second kappa shape index (κ2) is 6.73. The van der Waals surface area contributed by atoms with E-state index in [9.17, 15) is 5.11 Å². The molecule has 0 radical (unpaired) electrons. The van der Waals surface area contributed by atoms with Gasteiger partial charge in [-0.2, -0.15) is 0 Å². The lowest BCUT2D eigenvalue weighted by molar-refractivity contribution is -0.0450. The first kappa shape index (κ1) is 16.5. The molecule has 2 aromatic rings.